The van der Waals surface area contributed by atoms with Gasteiger partial charge in [-0.05, 0) is 17.7 Å². The lowest BCUT2D eigenvalue weighted by atomic mass is 10.2. The Morgan fingerprint density at radius 1 is 0.917 bits per heavy atom. The summed E-state index contributed by atoms with van der Waals surface area (Å²) >= 11 is 0. The summed E-state index contributed by atoms with van der Waals surface area (Å²) in [6.45, 7) is 0.0300. The van der Waals surface area contributed by atoms with Gasteiger partial charge in [0.05, 0.1) is 10.6 Å². The van der Waals surface area contributed by atoms with Gasteiger partial charge in [0.2, 0.25) is 5.91 Å². The minimum atomic E-state index is -3.56. The Kier molecular flexibility index (Phi) is 6.08. The maximum absolute atomic E-state index is 12.0. The van der Waals surface area contributed by atoms with Gasteiger partial charge in [-0.3, -0.25) is 10.1 Å². The number of hydrogen-bond donors (Lipinski definition) is 1. The molecule has 2 rings (SSSR count). The molecule has 2 aromatic rings. The lowest BCUT2D eigenvalue weighted by Crippen LogP contribution is -2.32. The monoisotopic (exact) mass is 347 g/mol. The molecule has 6 nitrogen and oxygen atoms in total. The molecule has 7 heteroatoms. The normalized spacial score (nSPS) is 10.8. The summed E-state index contributed by atoms with van der Waals surface area (Å²) in [5, 5.41) is 2.01. The second kappa shape index (κ2) is 8.26. The summed E-state index contributed by atoms with van der Waals surface area (Å²) in [6.07, 6.45) is -1.22. The minimum absolute atomic E-state index is 0.0300. The highest BCUT2D eigenvalue weighted by atomic mass is 32.2. The van der Waals surface area contributed by atoms with E-state index in [0.717, 1.165) is 5.56 Å². The first kappa shape index (κ1) is 17.7. The predicted molar refractivity (Wildman–Crippen MR) is 87.9 cm³/mol. The number of rotatable bonds is 6. The fourth-order valence-electron chi connectivity index (χ4n) is 1.91. The standard InChI is InChI=1S/C17H17NO5S/c19-16(11-12-24(21,22)15-9-5-2-6-10-15)18-17(20)23-13-14-7-3-1-4-8-14/h1-10H,11-13H2,(H,18,19,20). The van der Waals surface area contributed by atoms with Crippen molar-refractivity contribution in [3.8, 4) is 0 Å². The molecule has 0 saturated heterocycles. The smallest absolute Gasteiger partial charge is 0.414 e. The van der Waals surface area contributed by atoms with E-state index in [9.17, 15) is 18.0 Å². The number of hydrogen-bond acceptors (Lipinski definition) is 5. The number of nitrogens with one attached hydrogen (secondary N) is 1. The third-order valence-corrected chi connectivity index (χ3v) is 4.89. The largest absolute Gasteiger partial charge is 0.444 e. The lowest BCUT2D eigenvalue weighted by molar-refractivity contribution is -0.120. The first-order valence-corrected chi connectivity index (χ1v) is 8.91. The average Bonchev–Trinajstić information content (AvgIpc) is 2.60. The van der Waals surface area contributed by atoms with Crippen LogP contribution >= 0.6 is 0 Å². The summed E-state index contributed by atoms with van der Waals surface area (Å²) in [5.74, 6) is -1.08. The molecule has 0 aromatic heterocycles. The number of carbonyl (C=O) groups is 2. The first-order valence-electron chi connectivity index (χ1n) is 7.26. The van der Waals surface area contributed by atoms with Crippen molar-refractivity contribution in [1.29, 1.82) is 0 Å². The summed E-state index contributed by atoms with van der Waals surface area (Å²) < 4.78 is 29.0. The van der Waals surface area contributed by atoms with E-state index in [4.69, 9.17) is 4.74 Å². The summed E-state index contributed by atoms with van der Waals surface area (Å²) in [4.78, 5) is 23.3. The summed E-state index contributed by atoms with van der Waals surface area (Å²) in [6, 6.07) is 16.8. The Morgan fingerprint density at radius 2 is 1.50 bits per heavy atom. The quantitative estimate of drug-likeness (QED) is 0.866. The van der Waals surface area contributed by atoms with Crippen molar-refractivity contribution < 1.29 is 22.7 Å². The number of ether oxygens (including phenoxy) is 1. The molecule has 0 fully saturated rings. The number of amides is 2. The van der Waals surface area contributed by atoms with Gasteiger partial charge in [0.1, 0.15) is 6.61 Å². The molecule has 0 spiro atoms. The second-order valence-corrected chi connectivity index (χ2v) is 7.10. The van der Waals surface area contributed by atoms with Gasteiger partial charge < -0.3 is 4.74 Å². The fourth-order valence-corrected chi connectivity index (χ4v) is 3.17. The zero-order valence-electron chi connectivity index (χ0n) is 12.8. The van der Waals surface area contributed by atoms with Crippen molar-refractivity contribution in [2.45, 2.75) is 17.9 Å². The predicted octanol–water partition coefficient (Wildman–Crippen LogP) is 2.30. The second-order valence-electron chi connectivity index (χ2n) is 4.99. The van der Waals surface area contributed by atoms with Crippen molar-refractivity contribution >= 4 is 21.8 Å². The van der Waals surface area contributed by atoms with Crippen LogP contribution in [0.1, 0.15) is 12.0 Å². The molecule has 1 N–H and O–H groups in total. The van der Waals surface area contributed by atoms with E-state index >= 15 is 0 Å². The molecule has 0 aliphatic carbocycles. The maximum Gasteiger partial charge on any atom is 0.414 e. The Hall–Kier alpha value is -2.67. The first-order chi connectivity index (χ1) is 11.5. The Bertz CT molecular complexity index is 788. The van der Waals surface area contributed by atoms with E-state index in [1.54, 1.807) is 42.5 Å². The number of benzene rings is 2. The van der Waals surface area contributed by atoms with Gasteiger partial charge in [-0.2, -0.15) is 0 Å². The van der Waals surface area contributed by atoms with Crippen LogP contribution in [-0.4, -0.2) is 26.2 Å². The molecule has 0 aliphatic heterocycles. The van der Waals surface area contributed by atoms with Crippen LogP contribution in [0.3, 0.4) is 0 Å². The van der Waals surface area contributed by atoms with Gasteiger partial charge in [0.15, 0.2) is 9.84 Å². The molecule has 0 radical (unpaired) electrons. The molecule has 2 aromatic carbocycles. The SMILES string of the molecule is O=C(CCS(=O)(=O)c1ccccc1)NC(=O)OCc1ccccc1. The highest BCUT2D eigenvalue weighted by molar-refractivity contribution is 7.91. The van der Waals surface area contributed by atoms with E-state index in [1.165, 1.54) is 12.1 Å². The van der Waals surface area contributed by atoms with Crippen LogP contribution in [0.4, 0.5) is 4.79 Å². The van der Waals surface area contributed by atoms with Crippen molar-refractivity contribution in [3.63, 3.8) is 0 Å². The van der Waals surface area contributed by atoms with Gasteiger partial charge in [0.25, 0.3) is 0 Å². The van der Waals surface area contributed by atoms with Crippen LogP contribution in [0.5, 0.6) is 0 Å². The third-order valence-electron chi connectivity index (χ3n) is 3.15. The van der Waals surface area contributed by atoms with Crippen molar-refractivity contribution in [3.05, 3.63) is 66.2 Å². The molecule has 0 heterocycles. The van der Waals surface area contributed by atoms with E-state index < -0.39 is 21.8 Å². The van der Waals surface area contributed by atoms with Crippen molar-refractivity contribution in [2.75, 3.05) is 5.75 Å². The van der Waals surface area contributed by atoms with Crippen LogP contribution in [0.25, 0.3) is 0 Å². The number of sulfone groups is 1. The topological polar surface area (TPSA) is 89.5 Å². The molecule has 126 valence electrons. The van der Waals surface area contributed by atoms with E-state index in [-0.39, 0.29) is 23.7 Å². The van der Waals surface area contributed by atoms with Crippen LogP contribution in [0.2, 0.25) is 0 Å². The zero-order valence-corrected chi connectivity index (χ0v) is 13.7. The van der Waals surface area contributed by atoms with Crippen LogP contribution < -0.4 is 5.32 Å². The van der Waals surface area contributed by atoms with E-state index in [1.807, 2.05) is 11.4 Å². The molecule has 24 heavy (non-hydrogen) atoms. The molecule has 2 amide bonds. The van der Waals surface area contributed by atoms with Crippen LogP contribution in [0, 0.1) is 0 Å². The Morgan fingerprint density at radius 3 is 2.12 bits per heavy atom. The van der Waals surface area contributed by atoms with Gasteiger partial charge in [-0.15, -0.1) is 0 Å². The highest BCUT2D eigenvalue weighted by Gasteiger charge is 2.17. The molecule has 0 aliphatic rings. The molecule has 0 bridgehead atoms. The van der Waals surface area contributed by atoms with E-state index in [2.05, 4.69) is 0 Å². The molecular formula is C17H17NO5S. The minimum Gasteiger partial charge on any atom is -0.444 e. The Balaban J connectivity index is 1.78. The third kappa shape index (κ3) is 5.51. The molecule has 0 unspecified atom stereocenters. The van der Waals surface area contributed by atoms with E-state index in [0.29, 0.717) is 0 Å². The fraction of sp³-hybridized carbons (Fsp3) is 0.176. The van der Waals surface area contributed by atoms with Gasteiger partial charge in [-0.1, -0.05) is 48.5 Å². The molecular weight excluding hydrogens is 330 g/mol. The van der Waals surface area contributed by atoms with Gasteiger partial charge in [0, 0.05) is 6.42 Å². The van der Waals surface area contributed by atoms with Crippen molar-refractivity contribution in [1.82, 2.24) is 5.32 Å². The maximum atomic E-state index is 12.0. The summed E-state index contributed by atoms with van der Waals surface area (Å²) in [7, 11) is -3.56. The average molecular weight is 347 g/mol. The highest BCUT2D eigenvalue weighted by Crippen LogP contribution is 2.11. The Labute approximate surface area is 140 Å². The van der Waals surface area contributed by atoms with Crippen molar-refractivity contribution in [2.24, 2.45) is 0 Å². The number of carbonyl (C=O) groups excluding carboxylic acids is 2. The number of alkyl carbamates (subject to hydrolysis) is 1. The van der Waals surface area contributed by atoms with Gasteiger partial charge in [-0.25, -0.2) is 13.2 Å². The lowest BCUT2D eigenvalue weighted by Gasteiger charge is -2.07. The summed E-state index contributed by atoms with van der Waals surface area (Å²) in [5.41, 5.74) is 0.784. The van der Waals surface area contributed by atoms with Gasteiger partial charge >= 0.3 is 6.09 Å². The molecule has 0 atom stereocenters. The van der Waals surface area contributed by atoms with Crippen LogP contribution in [-0.2, 0) is 26.0 Å². The molecule has 0 saturated carbocycles. The zero-order chi connectivity index (χ0) is 17.4. The van der Waals surface area contributed by atoms with Crippen LogP contribution in [0.15, 0.2) is 65.6 Å². The number of imide groups is 1.